The maximum absolute atomic E-state index is 12.1. The maximum atomic E-state index is 12.1. The molecule has 0 unspecified atom stereocenters. The maximum Gasteiger partial charge on any atom is 0.185 e. The summed E-state index contributed by atoms with van der Waals surface area (Å²) in [6.45, 7) is 12.3. The van der Waals surface area contributed by atoms with Gasteiger partial charge in [0.25, 0.3) is 0 Å². The Balaban J connectivity index is 2.48. The molecule has 0 aliphatic heterocycles. The first-order chi connectivity index (χ1) is 14.6. The second-order valence-corrected chi connectivity index (χ2v) is 9.02. The third-order valence-corrected chi connectivity index (χ3v) is 5.60. The Bertz CT molecular complexity index is 826. The van der Waals surface area contributed by atoms with E-state index in [4.69, 9.17) is 4.74 Å². The molecule has 0 aromatic rings. The van der Waals surface area contributed by atoms with Gasteiger partial charge in [0, 0.05) is 18.3 Å². The molecule has 0 fully saturated rings. The summed E-state index contributed by atoms with van der Waals surface area (Å²) in [5.41, 5.74) is 4.80. The number of rotatable bonds is 12. The van der Waals surface area contributed by atoms with Crippen molar-refractivity contribution in [2.24, 2.45) is 0 Å². The number of ether oxygens (including phenoxy) is 1. The number of allylic oxidation sites excluding steroid dienone is 11. The monoisotopic (exact) mass is 424 g/mol. The highest BCUT2D eigenvalue weighted by Crippen LogP contribution is 2.21. The van der Waals surface area contributed by atoms with Crippen LogP contribution in [0, 0.1) is 0 Å². The lowest BCUT2D eigenvalue weighted by molar-refractivity contribution is -0.115. The SMILES string of the molecule is CO[C@@](C)(/C=C/C/C(C)=C/CC/C(C)=C/CC1=CC(=O)C=C(C)C1=O)CCC=C(C)C. The Hall–Kier alpha value is -2.26. The van der Waals surface area contributed by atoms with Crippen LogP contribution in [-0.2, 0) is 14.3 Å². The highest BCUT2D eigenvalue weighted by atomic mass is 16.5. The summed E-state index contributed by atoms with van der Waals surface area (Å²) in [6, 6.07) is 0. The summed E-state index contributed by atoms with van der Waals surface area (Å²) < 4.78 is 5.72. The van der Waals surface area contributed by atoms with Gasteiger partial charge in [0.2, 0.25) is 0 Å². The molecule has 0 saturated carbocycles. The van der Waals surface area contributed by atoms with Gasteiger partial charge < -0.3 is 4.74 Å². The molecule has 0 aromatic carbocycles. The molecular formula is C28H40O3. The van der Waals surface area contributed by atoms with Gasteiger partial charge in [-0.05, 0) is 92.2 Å². The van der Waals surface area contributed by atoms with Crippen molar-refractivity contribution >= 4 is 11.6 Å². The van der Waals surface area contributed by atoms with E-state index in [1.165, 1.54) is 28.9 Å². The van der Waals surface area contributed by atoms with Crippen molar-refractivity contribution < 1.29 is 14.3 Å². The van der Waals surface area contributed by atoms with Crippen LogP contribution in [0.25, 0.3) is 0 Å². The normalized spacial score (nSPS) is 17.5. The number of Topliss-reactive ketones (excluding diaryl/α,β-unsaturated/α-hetero) is 1. The molecule has 0 bridgehead atoms. The number of hydrogen-bond donors (Lipinski definition) is 0. The lowest BCUT2D eigenvalue weighted by Crippen LogP contribution is -2.23. The van der Waals surface area contributed by atoms with E-state index >= 15 is 0 Å². The Labute approximate surface area is 189 Å². The fraction of sp³-hybridized carbons (Fsp3) is 0.500. The Morgan fingerprint density at radius 1 is 1.00 bits per heavy atom. The van der Waals surface area contributed by atoms with Crippen molar-refractivity contribution in [1.29, 1.82) is 0 Å². The summed E-state index contributed by atoms with van der Waals surface area (Å²) in [5, 5.41) is 0. The van der Waals surface area contributed by atoms with Gasteiger partial charge in [0.1, 0.15) is 0 Å². The first-order valence-corrected chi connectivity index (χ1v) is 11.2. The van der Waals surface area contributed by atoms with E-state index in [0.29, 0.717) is 17.6 Å². The first-order valence-electron chi connectivity index (χ1n) is 11.2. The van der Waals surface area contributed by atoms with Crippen molar-refractivity contribution in [2.75, 3.05) is 7.11 Å². The minimum absolute atomic E-state index is 0.0184. The Morgan fingerprint density at radius 3 is 2.35 bits per heavy atom. The summed E-state index contributed by atoms with van der Waals surface area (Å²) in [5.74, 6) is -0.110. The van der Waals surface area contributed by atoms with E-state index in [2.05, 4.69) is 65.0 Å². The molecule has 1 aliphatic carbocycles. The lowest BCUT2D eigenvalue weighted by Gasteiger charge is -2.24. The van der Waals surface area contributed by atoms with Crippen molar-refractivity contribution in [3.05, 3.63) is 70.4 Å². The first kappa shape index (κ1) is 26.8. The molecule has 3 heteroatoms. The molecule has 0 radical (unpaired) electrons. The van der Waals surface area contributed by atoms with Crippen LogP contribution < -0.4 is 0 Å². The standard InChI is InChI=1S/C28H40O3/c1-21(2)11-9-17-28(6,31-7)18-10-14-22(3)12-8-13-23(4)15-16-25-20-26(29)19-24(5)27(25)30/h10-12,15,18-20H,8-9,13-14,16-17H2,1-7H3/b18-10+,22-12+,23-15+/t28-/m1/s1. The molecule has 0 aromatic heterocycles. The average Bonchev–Trinajstić information content (AvgIpc) is 2.69. The van der Waals surface area contributed by atoms with Crippen LogP contribution in [-0.4, -0.2) is 24.3 Å². The van der Waals surface area contributed by atoms with Crippen molar-refractivity contribution in [1.82, 2.24) is 0 Å². The minimum Gasteiger partial charge on any atom is -0.374 e. The van der Waals surface area contributed by atoms with Crippen LogP contribution in [0.2, 0.25) is 0 Å². The third kappa shape index (κ3) is 10.5. The van der Waals surface area contributed by atoms with Crippen LogP contribution in [0.4, 0.5) is 0 Å². The van der Waals surface area contributed by atoms with Crippen LogP contribution in [0.15, 0.2) is 70.4 Å². The zero-order chi connectivity index (χ0) is 23.4. The van der Waals surface area contributed by atoms with Gasteiger partial charge in [-0.3, -0.25) is 9.59 Å². The van der Waals surface area contributed by atoms with E-state index < -0.39 is 0 Å². The zero-order valence-corrected chi connectivity index (χ0v) is 20.5. The van der Waals surface area contributed by atoms with E-state index in [9.17, 15) is 9.59 Å². The number of hydrogen-bond acceptors (Lipinski definition) is 3. The highest BCUT2D eigenvalue weighted by Gasteiger charge is 2.18. The van der Waals surface area contributed by atoms with Gasteiger partial charge in [-0.2, -0.15) is 0 Å². The molecule has 0 N–H and O–H groups in total. The van der Waals surface area contributed by atoms with Gasteiger partial charge in [0.05, 0.1) is 5.60 Å². The van der Waals surface area contributed by atoms with Crippen molar-refractivity contribution in [3.8, 4) is 0 Å². The Kier molecular flexibility index (Phi) is 11.4. The molecule has 31 heavy (non-hydrogen) atoms. The number of ketones is 2. The zero-order valence-electron chi connectivity index (χ0n) is 20.5. The summed E-state index contributed by atoms with van der Waals surface area (Å²) in [4.78, 5) is 23.7. The second kappa shape index (κ2) is 13.2. The van der Waals surface area contributed by atoms with Crippen molar-refractivity contribution in [2.45, 2.75) is 85.7 Å². The molecule has 3 nitrogen and oxygen atoms in total. The van der Waals surface area contributed by atoms with Gasteiger partial charge >= 0.3 is 0 Å². The topological polar surface area (TPSA) is 43.4 Å². The number of carbonyl (C=O) groups is 2. The fourth-order valence-corrected chi connectivity index (χ4v) is 3.37. The molecule has 0 saturated heterocycles. The van der Waals surface area contributed by atoms with E-state index in [1.54, 1.807) is 14.0 Å². The molecular weight excluding hydrogens is 384 g/mol. The highest BCUT2D eigenvalue weighted by molar-refractivity contribution is 6.20. The van der Waals surface area contributed by atoms with E-state index in [-0.39, 0.29) is 17.2 Å². The molecule has 1 atom stereocenters. The fourth-order valence-electron chi connectivity index (χ4n) is 3.37. The minimum atomic E-state index is -0.230. The summed E-state index contributed by atoms with van der Waals surface area (Å²) in [6.07, 6.45) is 19.2. The Morgan fingerprint density at radius 2 is 1.71 bits per heavy atom. The average molecular weight is 425 g/mol. The van der Waals surface area contributed by atoms with Crippen LogP contribution >= 0.6 is 0 Å². The predicted molar refractivity (Wildman–Crippen MR) is 131 cm³/mol. The molecule has 1 aliphatic rings. The summed E-state index contributed by atoms with van der Waals surface area (Å²) in [7, 11) is 1.77. The smallest absolute Gasteiger partial charge is 0.185 e. The third-order valence-electron chi connectivity index (χ3n) is 5.60. The number of methoxy groups -OCH3 is 1. The molecule has 0 spiro atoms. The predicted octanol–water partition coefficient (Wildman–Crippen LogP) is 7.17. The summed E-state index contributed by atoms with van der Waals surface area (Å²) >= 11 is 0. The van der Waals surface area contributed by atoms with Gasteiger partial charge in [-0.15, -0.1) is 0 Å². The lowest BCUT2D eigenvalue weighted by atomic mass is 9.94. The van der Waals surface area contributed by atoms with Gasteiger partial charge in [-0.1, -0.05) is 47.1 Å². The van der Waals surface area contributed by atoms with Gasteiger partial charge in [-0.25, -0.2) is 0 Å². The molecule has 0 amide bonds. The van der Waals surface area contributed by atoms with Crippen molar-refractivity contribution in [3.63, 3.8) is 0 Å². The van der Waals surface area contributed by atoms with Crippen LogP contribution in [0.3, 0.4) is 0 Å². The quantitative estimate of drug-likeness (QED) is 0.246. The van der Waals surface area contributed by atoms with Crippen LogP contribution in [0.5, 0.6) is 0 Å². The van der Waals surface area contributed by atoms with E-state index in [0.717, 1.165) is 32.1 Å². The second-order valence-electron chi connectivity index (χ2n) is 9.02. The number of carbonyl (C=O) groups excluding carboxylic acids is 2. The van der Waals surface area contributed by atoms with E-state index in [1.807, 2.05) is 0 Å². The van der Waals surface area contributed by atoms with Gasteiger partial charge in [0.15, 0.2) is 11.6 Å². The largest absolute Gasteiger partial charge is 0.374 e. The van der Waals surface area contributed by atoms with Crippen LogP contribution in [0.1, 0.15) is 80.1 Å². The molecule has 170 valence electrons. The molecule has 0 heterocycles. The molecule has 1 rings (SSSR count).